The third-order valence-corrected chi connectivity index (χ3v) is 3.68. The first-order valence-electron chi connectivity index (χ1n) is 6.53. The van der Waals surface area contributed by atoms with E-state index in [0.29, 0.717) is 11.4 Å². The Morgan fingerprint density at radius 1 is 1.45 bits per heavy atom. The van der Waals surface area contributed by atoms with Gasteiger partial charge in [-0.05, 0) is 24.6 Å². The van der Waals surface area contributed by atoms with Crippen molar-refractivity contribution in [1.82, 2.24) is 0 Å². The van der Waals surface area contributed by atoms with Crippen LogP contribution in [0.3, 0.4) is 0 Å². The number of rotatable bonds is 3. The average Bonchev–Trinajstić information content (AvgIpc) is 2.34. The van der Waals surface area contributed by atoms with Gasteiger partial charge in [0, 0.05) is 12.5 Å². The molecule has 0 fully saturated rings. The molecule has 0 saturated carbocycles. The summed E-state index contributed by atoms with van der Waals surface area (Å²) in [5.74, 6) is -0.304. The first kappa shape index (κ1) is 14.4. The van der Waals surface area contributed by atoms with Gasteiger partial charge < -0.3 is 14.7 Å². The highest BCUT2D eigenvalue weighted by Gasteiger charge is 2.31. The molecular formula is C15H19NO4. The van der Waals surface area contributed by atoms with E-state index in [-0.39, 0.29) is 12.3 Å². The number of carboxylic acids is 1. The Hall–Kier alpha value is -2.04. The molecule has 5 heteroatoms. The molecule has 0 bridgehead atoms. The standard InChI is InChI=1S/C15H19NO4/c1-9-14(19)16(4)11-7-10(5-6-12(11)20-9)15(2,3)8-13(17)18/h5-7,9H,8H2,1-4H3,(H,17,18). The number of carboxylic acid groups (broad SMARTS) is 1. The van der Waals surface area contributed by atoms with Crippen LogP contribution in [0, 0.1) is 0 Å². The maximum atomic E-state index is 11.9. The van der Waals surface area contributed by atoms with Gasteiger partial charge in [-0.2, -0.15) is 0 Å². The number of hydrogen-bond donors (Lipinski definition) is 1. The molecule has 0 aliphatic carbocycles. The molecule has 2 rings (SSSR count). The minimum atomic E-state index is -0.845. The van der Waals surface area contributed by atoms with E-state index in [1.165, 1.54) is 0 Å². The lowest BCUT2D eigenvalue weighted by atomic mass is 9.81. The summed E-state index contributed by atoms with van der Waals surface area (Å²) < 4.78 is 5.56. The van der Waals surface area contributed by atoms with Gasteiger partial charge in [-0.3, -0.25) is 9.59 Å². The molecule has 1 heterocycles. The third kappa shape index (κ3) is 2.48. The van der Waals surface area contributed by atoms with Crippen LogP contribution >= 0.6 is 0 Å². The molecule has 0 radical (unpaired) electrons. The van der Waals surface area contributed by atoms with Crippen molar-refractivity contribution in [3.8, 4) is 5.75 Å². The third-order valence-electron chi connectivity index (χ3n) is 3.68. The van der Waals surface area contributed by atoms with Gasteiger partial charge in [-0.1, -0.05) is 19.9 Å². The molecule has 20 heavy (non-hydrogen) atoms. The maximum absolute atomic E-state index is 11.9. The van der Waals surface area contributed by atoms with Gasteiger partial charge in [0.2, 0.25) is 0 Å². The van der Waals surface area contributed by atoms with E-state index in [9.17, 15) is 9.59 Å². The zero-order chi connectivity index (χ0) is 15.1. The zero-order valence-electron chi connectivity index (χ0n) is 12.1. The number of ether oxygens (including phenoxy) is 1. The fourth-order valence-corrected chi connectivity index (χ4v) is 2.41. The van der Waals surface area contributed by atoms with Crippen LogP contribution < -0.4 is 9.64 Å². The number of likely N-dealkylation sites (N-methyl/N-ethyl adjacent to an activating group) is 1. The summed E-state index contributed by atoms with van der Waals surface area (Å²) in [4.78, 5) is 24.4. The zero-order valence-corrected chi connectivity index (χ0v) is 12.1. The Morgan fingerprint density at radius 2 is 2.10 bits per heavy atom. The topological polar surface area (TPSA) is 66.8 Å². The molecule has 1 aromatic carbocycles. The van der Waals surface area contributed by atoms with Crippen LogP contribution in [0.25, 0.3) is 0 Å². The molecule has 1 aliphatic heterocycles. The second kappa shape index (κ2) is 4.81. The number of carbonyl (C=O) groups excluding carboxylic acids is 1. The van der Waals surface area contributed by atoms with Gasteiger partial charge in [0.05, 0.1) is 12.1 Å². The van der Waals surface area contributed by atoms with Crippen molar-refractivity contribution in [1.29, 1.82) is 0 Å². The Morgan fingerprint density at radius 3 is 2.70 bits per heavy atom. The van der Waals surface area contributed by atoms with Crippen LogP contribution in [-0.4, -0.2) is 30.1 Å². The van der Waals surface area contributed by atoms with Crippen LogP contribution in [0.15, 0.2) is 18.2 Å². The highest BCUT2D eigenvalue weighted by Crippen LogP contribution is 2.38. The molecule has 1 aliphatic rings. The van der Waals surface area contributed by atoms with E-state index >= 15 is 0 Å². The quantitative estimate of drug-likeness (QED) is 0.919. The van der Waals surface area contributed by atoms with Crippen LogP contribution in [0.1, 0.15) is 32.8 Å². The highest BCUT2D eigenvalue weighted by atomic mass is 16.5. The maximum Gasteiger partial charge on any atom is 0.304 e. The number of amides is 1. The largest absolute Gasteiger partial charge is 0.481 e. The fraction of sp³-hybridized carbons (Fsp3) is 0.467. The van der Waals surface area contributed by atoms with Crippen LogP contribution in [0.4, 0.5) is 5.69 Å². The summed E-state index contributed by atoms with van der Waals surface area (Å²) >= 11 is 0. The van der Waals surface area contributed by atoms with Crippen LogP contribution in [-0.2, 0) is 15.0 Å². The summed E-state index contributed by atoms with van der Waals surface area (Å²) in [6.45, 7) is 5.46. The smallest absolute Gasteiger partial charge is 0.304 e. The second-order valence-corrected chi connectivity index (χ2v) is 5.79. The lowest BCUT2D eigenvalue weighted by Gasteiger charge is -2.32. The number of anilines is 1. The molecule has 108 valence electrons. The van der Waals surface area contributed by atoms with Gasteiger partial charge >= 0.3 is 5.97 Å². The van der Waals surface area contributed by atoms with Crippen molar-refractivity contribution in [2.24, 2.45) is 0 Å². The van der Waals surface area contributed by atoms with E-state index in [1.54, 1.807) is 24.9 Å². The van der Waals surface area contributed by atoms with E-state index < -0.39 is 17.5 Å². The van der Waals surface area contributed by atoms with Gasteiger partial charge in [0.15, 0.2) is 6.10 Å². The molecule has 1 aromatic rings. The molecule has 0 spiro atoms. The number of fused-ring (bicyclic) bond motifs is 1. The van der Waals surface area contributed by atoms with Gasteiger partial charge in [0.1, 0.15) is 5.75 Å². The van der Waals surface area contributed by atoms with Crippen molar-refractivity contribution in [2.75, 3.05) is 11.9 Å². The molecule has 5 nitrogen and oxygen atoms in total. The van der Waals surface area contributed by atoms with Crippen molar-refractivity contribution in [3.05, 3.63) is 23.8 Å². The van der Waals surface area contributed by atoms with Gasteiger partial charge in [-0.15, -0.1) is 0 Å². The summed E-state index contributed by atoms with van der Waals surface area (Å²) in [6, 6.07) is 5.49. The first-order valence-corrected chi connectivity index (χ1v) is 6.53. The van der Waals surface area contributed by atoms with E-state index in [2.05, 4.69) is 0 Å². The number of hydrogen-bond acceptors (Lipinski definition) is 3. The molecular weight excluding hydrogens is 258 g/mol. The first-order chi connectivity index (χ1) is 9.22. The molecule has 1 amide bonds. The normalized spacial score (nSPS) is 18.5. The summed E-state index contributed by atoms with van der Waals surface area (Å²) in [5, 5.41) is 8.99. The van der Waals surface area contributed by atoms with Crippen molar-refractivity contribution in [2.45, 2.75) is 38.7 Å². The number of carbonyl (C=O) groups is 2. The summed E-state index contributed by atoms with van der Waals surface area (Å²) in [7, 11) is 1.70. The van der Waals surface area contributed by atoms with Gasteiger partial charge in [0.25, 0.3) is 5.91 Å². The number of aliphatic carboxylic acids is 1. The average molecular weight is 277 g/mol. The predicted octanol–water partition coefficient (Wildman–Crippen LogP) is 2.18. The van der Waals surface area contributed by atoms with Gasteiger partial charge in [-0.25, -0.2) is 0 Å². The minimum Gasteiger partial charge on any atom is -0.481 e. The molecule has 1 N–H and O–H groups in total. The highest BCUT2D eigenvalue weighted by molar-refractivity contribution is 5.99. The molecule has 1 atom stereocenters. The second-order valence-electron chi connectivity index (χ2n) is 5.79. The molecule has 0 saturated heterocycles. The Bertz CT molecular complexity index is 565. The number of nitrogens with zero attached hydrogens (tertiary/aromatic N) is 1. The minimum absolute atomic E-state index is 0.0285. The van der Waals surface area contributed by atoms with Crippen molar-refractivity contribution in [3.63, 3.8) is 0 Å². The van der Waals surface area contributed by atoms with Crippen molar-refractivity contribution < 1.29 is 19.4 Å². The molecule has 1 unspecified atom stereocenters. The Kier molecular flexibility index (Phi) is 3.46. The Labute approximate surface area is 118 Å². The van der Waals surface area contributed by atoms with E-state index in [1.807, 2.05) is 26.0 Å². The van der Waals surface area contributed by atoms with Crippen LogP contribution in [0.5, 0.6) is 5.75 Å². The lowest BCUT2D eigenvalue weighted by Crippen LogP contribution is -2.42. The molecule has 0 aromatic heterocycles. The van der Waals surface area contributed by atoms with Crippen molar-refractivity contribution >= 4 is 17.6 Å². The summed E-state index contributed by atoms with van der Waals surface area (Å²) in [5.41, 5.74) is 1.05. The van der Waals surface area contributed by atoms with E-state index in [0.717, 1.165) is 5.56 Å². The summed E-state index contributed by atoms with van der Waals surface area (Å²) in [6.07, 6.45) is -0.467. The SMILES string of the molecule is CC1Oc2ccc(C(C)(C)CC(=O)O)cc2N(C)C1=O. The predicted molar refractivity (Wildman–Crippen MR) is 75.2 cm³/mol. The van der Waals surface area contributed by atoms with E-state index in [4.69, 9.17) is 9.84 Å². The van der Waals surface area contributed by atoms with Crippen LogP contribution in [0.2, 0.25) is 0 Å². The monoisotopic (exact) mass is 277 g/mol. The Balaban J connectivity index is 2.42. The number of benzene rings is 1. The fourth-order valence-electron chi connectivity index (χ4n) is 2.41. The lowest BCUT2D eigenvalue weighted by molar-refractivity contribution is -0.138.